The monoisotopic (exact) mass is 281 g/mol. The van der Waals surface area contributed by atoms with E-state index >= 15 is 0 Å². The summed E-state index contributed by atoms with van der Waals surface area (Å²) in [7, 11) is 2.89. The summed E-state index contributed by atoms with van der Waals surface area (Å²) in [6.07, 6.45) is 0. The van der Waals surface area contributed by atoms with E-state index in [0.717, 1.165) is 27.8 Å². The van der Waals surface area contributed by atoms with Crippen LogP contribution in [0.4, 0.5) is 0 Å². The van der Waals surface area contributed by atoms with Gasteiger partial charge in [0.1, 0.15) is 11.2 Å². The van der Waals surface area contributed by atoms with Gasteiger partial charge < -0.3 is 14.2 Å². The van der Waals surface area contributed by atoms with E-state index in [1.54, 1.807) is 13.2 Å². The maximum absolute atomic E-state index is 11.1. The molecule has 0 aromatic heterocycles. The maximum Gasteiger partial charge on any atom is 0.343 e. The van der Waals surface area contributed by atoms with Crippen LogP contribution < -0.4 is 4.74 Å². The second kappa shape index (κ2) is 7.67. The fourth-order valence-corrected chi connectivity index (χ4v) is 2.05. The number of carbonyl (C=O) groups excluding carboxylic acids is 1. The van der Waals surface area contributed by atoms with Crippen LogP contribution in [-0.4, -0.2) is 26.8 Å². The highest BCUT2D eigenvalue weighted by Gasteiger charge is 2.11. The summed E-state index contributed by atoms with van der Waals surface area (Å²) in [4.78, 5) is 11.9. The minimum absolute atomic E-state index is 0.144. The molecule has 19 heavy (non-hydrogen) atoms. The van der Waals surface area contributed by atoms with E-state index in [4.69, 9.17) is 14.7 Å². The van der Waals surface area contributed by atoms with Gasteiger partial charge in [-0.1, -0.05) is 0 Å². The molecule has 1 aromatic rings. The van der Waals surface area contributed by atoms with Gasteiger partial charge in [0.05, 0.1) is 13.7 Å². The summed E-state index contributed by atoms with van der Waals surface area (Å²) in [5.41, 5.74) is 1.70. The van der Waals surface area contributed by atoms with Crippen molar-refractivity contribution in [1.82, 2.24) is 0 Å². The number of carbonyl (C=O) groups is 1. The zero-order valence-corrected chi connectivity index (χ0v) is 11.9. The van der Waals surface area contributed by atoms with E-state index in [2.05, 4.69) is 4.74 Å². The first-order valence-electron chi connectivity index (χ1n) is 5.50. The van der Waals surface area contributed by atoms with Crippen LogP contribution in [0.5, 0.6) is 5.75 Å². The van der Waals surface area contributed by atoms with Crippen LogP contribution in [0.15, 0.2) is 17.0 Å². The van der Waals surface area contributed by atoms with E-state index in [0.29, 0.717) is 12.4 Å². The number of methoxy groups -OCH3 is 2. The number of benzene rings is 1. The summed E-state index contributed by atoms with van der Waals surface area (Å²) in [5.74, 6) is 0.142. The van der Waals surface area contributed by atoms with Crippen LogP contribution in [0.3, 0.4) is 0 Å². The SMILES string of the molecule is COCc1cc(OCC(=O)OC)c(C)cc1SC#N. The molecule has 0 unspecified atom stereocenters. The Morgan fingerprint density at radius 3 is 2.74 bits per heavy atom. The zero-order valence-electron chi connectivity index (χ0n) is 11.1. The molecule has 5 nitrogen and oxygen atoms in total. The minimum atomic E-state index is -0.442. The van der Waals surface area contributed by atoms with Gasteiger partial charge in [-0.2, -0.15) is 5.26 Å². The van der Waals surface area contributed by atoms with Gasteiger partial charge in [0, 0.05) is 12.0 Å². The highest BCUT2D eigenvalue weighted by molar-refractivity contribution is 8.03. The number of nitrogens with zero attached hydrogens (tertiary/aromatic N) is 1. The molecule has 1 rings (SSSR count). The number of nitriles is 1. The number of thiocyanates is 1. The number of rotatable bonds is 6. The Morgan fingerprint density at radius 1 is 1.42 bits per heavy atom. The molecule has 0 heterocycles. The molecule has 0 fully saturated rings. The zero-order chi connectivity index (χ0) is 14.3. The molecule has 0 atom stereocenters. The van der Waals surface area contributed by atoms with Crippen molar-refractivity contribution in [3.8, 4) is 11.2 Å². The predicted molar refractivity (Wildman–Crippen MR) is 70.9 cm³/mol. The van der Waals surface area contributed by atoms with Gasteiger partial charge in [-0.3, -0.25) is 0 Å². The Balaban J connectivity index is 2.96. The molecular weight excluding hydrogens is 266 g/mol. The third-order valence-corrected chi connectivity index (χ3v) is 3.08. The third kappa shape index (κ3) is 4.47. The van der Waals surface area contributed by atoms with Crippen LogP contribution in [0, 0.1) is 17.6 Å². The summed E-state index contributed by atoms with van der Waals surface area (Å²) < 4.78 is 15.0. The first-order chi connectivity index (χ1) is 9.12. The first-order valence-corrected chi connectivity index (χ1v) is 6.32. The molecule has 0 saturated heterocycles. The van der Waals surface area contributed by atoms with Gasteiger partial charge >= 0.3 is 5.97 Å². The van der Waals surface area contributed by atoms with Crippen molar-refractivity contribution in [2.24, 2.45) is 0 Å². The highest BCUT2D eigenvalue weighted by atomic mass is 32.2. The van der Waals surface area contributed by atoms with E-state index in [9.17, 15) is 4.79 Å². The highest BCUT2D eigenvalue weighted by Crippen LogP contribution is 2.30. The minimum Gasteiger partial charge on any atom is -0.482 e. The lowest BCUT2D eigenvalue weighted by atomic mass is 10.1. The van der Waals surface area contributed by atoms with Crippen LogP contribution in [-0.2, 0) is 20.9 Å². The molecule has 0 aliphatic rings. The topological polar surface area (TPSA) is 68.6 Å². The molecule has 0 saturated carbocycles. The van der Waals surface area contributed by atoms with Crippen molar-refractivity contribution in [3.63, 3.8) is 0 Å². The Bertz CT molecular complexity index is 496. The summed E-state index contributed by atoms with van der Waals surface area (Å²) in [6, 6.07) is 3.62. The number of hydrogen-bond donors (Lipinski definition) is 0. The summed E-state index contributed by atoms with van der Waals surface area (Å²) >= 11 is 1.07. The quantitative estimate of drug-likeness (QED) is 0.452. The molecule has 0 bridgehead atoms. The molecule has 0 spiro atoms. The predicted octanol–water partition coefficient (Wildman–Crippen LogP) is 2.27. The molecule has 0 N–H and O–H groups in total. The second-order valence-corrected chi connectivity index (χ2v) is 4.54. The number of thioether (sulfide) groups is 1. The molecule has 0 aliphatic heterocycles. The van der Waals surface area contributed by atoms with E-state index in [-0.39, 0.29) is 6.61 Å². The van der Waals surface area contributed by atoms with Crippen molar-refractivity contribution in [1.29, 1.82) is 5.26 Å². The van der Waals surface area contributed by atoms with Crippen LogP contribution in [0.2, 0.25) is 0 Å². The lowest BCUT2D eigenvalue weighted by Gasteiger charge is -2.12. The Morgan fingerprint density at radius 2 is 2.16 bits per heavy atom. The average Bonchev–Trinajstić information content (AvgIpc) is 2.40. The smallest absolute Gasteiger partial charge is 0.343 e. The summed E-state index contributed by atoms with van der Waals surface area (Å²) in [5, 5.41) is 10.8. The normalized spacial score (nSPS) is 9.79. The lowest BCUT2D eigenvalue weighted by molar-refractivity contribution is -0.142. The second-order valence-electron chi connectivity index (χ2n) is 3.72. The summed E-state index contributed by atoms with van der Waals surface area (Å²) in [6.45, 7) is 2.08. The standard InChI is InChI=1S/C13H15NO4S/c1-9-4-12(19-8-14)10(6-16-2)5-11(9)18-7-13(15)17-3/h4-5H,6-7H2,1-3H3. The first kappa shape index (κ1) is 15.3. The van der Waals surface area contributed by atoms with Crippen molar-refractivity contribution < 1.29 is 19.0 Å². The Labute approximate surface area is 116 Å². The fraction of sp³-hybridized carbons (Fsp3) is 0.385. The number of hydrogen-bond acceptors (Lipinski definition) is 6. The molecule has 0 radical (unpaired) electrons. The Kier molecular flexibility index (Phi) is 6.19. The van der Waals surface area contributed by atoms with E-state index < -0.39 is 5.97 Å². The molecule has 0 amide bonds. The van der Waals surface area contributed by atoms with Gasteiger partial charge in [-0.15, -0.1) is 0 Å². The number of aryl methyl sites for hydroxylation is 1. The van der Waals surface area contributed by atoms with Gasteiger partial charge in [0.2, 0.25) is 0 Å². The number of ether oxygens (including phenoxy) is 3. The molecule has 6 heteroatoms. The van der Waals surface area contributed by atoms with E-state index in [1.165, 1.54) is 7.11 Å². The molecular formula is C13H15NO4S. The van der Waals surface area contributed by atoms with Crippen molar-refractivity contribution in [3.05, 3.63) is 23.3 Å². The van der Waals surface area contributed by atoms with Crippen LogP contribution in [0.25, 0.3) is 0 Å². The Hall–Kier alpha value is -1.71. The van der Waals surface area contributed by atoms with Crippen molar-refractivity contribution in [2.75, 3.05) is 20.8 Å². The molecule has 1 aromatic carbocycles. The van der Waals surface area contributed by atoms with Gasteiger partial charge in [-0.25, -0.2) is 4.79 Å². The van der Waals surface area contributed by atoms with Crippen LogP contribution >= 0.6 is 11.8 Å². The largest absolute Gasteiger partial charge is 0.482 e. The number of esters is 1. The maximum atomic E-state index is 11.1. The van der Waals surface area contributed by atoms with Gasteiger partial charge in [-0.05, 0) is 41.9 Å². The fourth-order valence-electron chi connectivity index (χ4n) is 1.47. The van der Waals surface area contributed by atoms with E-state index in [1.807, 2.05) is 18.4 Å². The van der Waals surface area contributed by atoms with Crippen LogP contribution in [0.1, 0.15) is 11.1 Å². The van der Waals surface area contributed by atoms with Gasteiger partial charge in [0.15, 0.2) is 6.61 Å². The lowest BCUT2D eigenvalue weighted by Crippen LogP contribution is -2.13. The van der Waals surface area contributed by atoms with Crippen molar-refractivity contribution in [2.45, 2.75) is 18.4 Å². The average molecular weight is 281 g/mol. The third-order valence-electron chi connectivity index (χ3n) is 2.39. The van der Waals surface area contributed by atoms with Crippen molar-refractivity contribution >= 4 is 17.7 Å². The molecule has 0 aliphatic carbocycles. The van der Waals surface area contributed by atoms with Gasteiger partial charge in [0.25, 0.3) is 0 Å². The molecule has 102 valence electrons.